The molecule has 1 atom stereocenters. The van der Waals surface area contributed by atoms with E-state index in [0.717, 1.165) is 31.4 Å². The zero-order valence-electron chi connectivity index (χ0n) is 10.8. The largest absolute Gasteiger partial charge is 0.329 e. The van der Waals surface area contributed by atoms with Crippen LogP contribution in [-0.4, -0.2) is 63.6 Å². The second kappa shape index (κ2) is 5.34. The van der Waals surface area contributed by atoms with Gasteiger partial charge in [-0.1, -0.05) is 5.21 Å². The van der Waals surface area contributed by atoms with E-state index in [2.05, 4.69) is 20.1 Å². The van der Waals surface area contributed by atoms with Gasteiger partial charge in [-0.2, -0.15) is 0 Å². The molecule has 3 rings (SSSR count). The van der Waals surface area contributed by atoms with Crippen molar-refractivity contribution >= 4 is 0 Å². The first kappa shape index (κ1) is 12.1. The molecule has 0 amide bonds. The summed E-state index contributed by atoms with van der Waals surface area (Å²) in [6.45, 7) is 7.14. The molecule has 2 fully saturated rings. The van der Waals surface area contributed by atoms with Crippen molar-refractivity contribution in [1.29, 1.82) is 0 Å². The van der Waals surface area contributed by atoms with Crippen LogP contribution >= 0.6 is 0 Å². The Labute approximate surface area is 108 Å². The molecule has 2 aliphatic heterocycles. The van der Waals surface area contributed by atoms with Crippen molar-refractivity contribution in [2.45, 2.75) is 32.0 Å². The van der Waals surface area contributed by atoms with Gasteiger partial charge in [-0.25, -0.2) is 0 Å². The van der Waals surface area contributed by atoms with Gasteiger partial charge in [-0.15, -0.1) is 5.10 Å². The van der Waals surface area contributed by atoms with Gasteiger partial charge in [0, 0.05) is 45.0 Å². The van der Waals surface area contributed by atoms with E-state index in [4.69, 9.17) is 5.73 Å². The Balaban J connectivity index is 1.55. The van der Waals surface area contributed by atoms with Crippen LogP contribution < -0.4 is 5.73 Å². The molecule has 2 saturated heterocycles. The molecule has 0 aromatic carbocycles. The molecule has 100 valence electrons. The smallest absolute Gasteiger partial charge is 0.0967 e. The van der Waals surface area contributed by atoms with Crippen molar-refractivity contribution in [2.24, 2.45) is 5.73 Å². The van der Waals surface area contributed by atoms with E-state index < -0.39 is 0 Å². The average molecular weight is 250 g/mol. The van der Waals surface area contributed by atoms with Crippen LogP contribution in [-0.2, 0) is 13.1 Å². The number of nitrogens with two attached hydrogens (primary N) is 1. The molecule has 1 aromatic rings. The van der Waals surface area contributed by atoms with Gasteiger partial charge in [0.1, 0.15) is 0 Å². The standard InChI is InChI=1S/C12H22N6/c13-3-5-18-9-11(14-15-18)8-16-6-7-17-4-1-2-12(17)10-16/h9,12H,1-8,10,13H2. The third-order valence-electron chi connectivity index (χ3n) is 4.00. The van der Waals surface area contributed by atoms with E-state index in [9.17, 15) is 0 Å². The molecule has 2 aliphatic rings. The summed E-state index contributed by atoms with van der Waals surface area (Å²) in [4.78, 5) is 5.13. The Kier molecular flexibility index (Phi) is 3.58. The number of hydrogen-bond acceptors (Lipinski definition) is 5. The van der Waals surface area contributed by atoms with Crippen molar-refractivity contribution < 1.29 is 0 Å². The molecule has 0 bridgehead atoms. The quantitative estimate of drug-likeness (QED) is 0.782. The van der Waals surface area contributed by atoms with Gasteiger partial charge in [0.2, 0.25) is 0 Å². The fourth-order valence-electron chi connectivity index (χ4n) is 3.08. The predicted molar refractivity (Wildman–Crippen MR) is 68.9 cm³/mol. The summed E-state index contributed by atoms with van der Waals surface area (Å²) < 4.78 is 1.83. The van der Waals surface area contributed by atoms with Crippen LogP contribution in [0.15, 0.2) is 6.20 Å². The highest BCUT2D eigenvalue weighted by molar-refractivity contribution is 4.95. The van der Waals surface area contributed by atoms with E-state index >= 15 is 0 Å². The zero-order valence-corrected chi connectivity index (χ0v) is 10.8. The third kappa shape index (κ3) is 2.55. The number of hydrogen-bond donors (Lipinski definition) is 1. The maximum Gasteiger partial charge on any atom is 0.0967 e. The van der Waals surface area contributed by atoms with Gasteiger partial charge in [0.15, 0.2) is 0 Å². The number of aromatic nitrogens is 3. The molecule has 6 heteroatoms. The molecule has 0 spiro atoms. The van der Waals surface area contributed by atoms with Crippen LogP contribution in [0.25, 0.3) is 0 Å². The maximum atomic E-state index is 5.51. The van der Waals surface area contributed by atoms with Gasteiger partial charge in [-0.05, 0) is 19.4 Å². The van der Waals surface area contributed by atoms with Crippen molar-refractivity contribution in [1.82, 2.24) is 24.8 Å². The molecular weight excluding hydrogens is 228 g/mol. The highest BCUT2D eigenvalue weighted by Gasteiger charge is 2.30. The lowest BCUT2D eigenvalue weighted by atomic mass is 10.1. The molecular formula is C12H22N6. The summed E-state index contributed by atoms with van der Waals surface area (Å²) in [5.74, 6) is 0. The van der Waals surface area contributed by atoms with Crippen LogP contribution in [0, 0.1) is 0 Å². The lowest BCUT2D eigenvalue weighted by molar-refractivity contribution is 0.0984. The summed E-state index contributed by atoms with van der Waals surface area (Å²) in [6, 6.07) is 0.776. The molecule has 0 radical (unpaired) electrons. The van der Waals surface area contributed by atoms with Gasteiger partial charge >= 0.3 is 0 Å². The van der Waals surface area contributed by atoms with Gasteiger partial charge in [0.25, 0.3) is 0 Å². The van der Waals surface area contributed by atoms with Crippen molar-refractivity contribution in [2.75, 3.05) is 32.7 Å². The molecule has 0 saturated carbocycles. The first-order chi connectivity index (χ1) is 8.85. The SMILES string of the molecule is NCCn1cc(CN2CCN3CCCC3C2)nn1. The Bertz CT molecular complexity index is 390. The molecule has 1 aromatic heterocycles. The Hall–Kier alpha value is -0.980. The predicted octanol–water partition coefficient (Wildman–Crippen LogP) is -0.483. The van der Waals surface area contributed by atoms with E-state index in [1.165, 1.54) is 32.5 Å². The summed E-state index contributed by atoms with van der Waals surface area (Å²) in [5.41, 5.74) is 6.57. The summed E-state index contributed by atoms with van der Waals surface area (Å²) >= 11 is 0. The molecule has 6 nitrogen and oxygen atoms in total. The van der Waals surface area contributed by atoms with Crippen LogP contribution in [0.1, 0.15) is 18.5 Å². The minimum absolute atomic E-state index is 0.615. The fraction of sp³-hybridized carbons (Fsp3) is 0.833. The van der Waals surface area contributed by atoms with E-state index in [0.29, 0.717) is 6.54 Å². The number of fused-ring (bicyclic) bond motifs is 1. The third-order valence-corrected chi connectivity index (χ3v) is 4.00. The highest BCUT2D eigenvalue weighted by atomic mass is 15.4. The first-order valence-electron chi connectivity index (χ1n) is 6.90. The van der Waals surface area contributed by atoms with E-state index in [1.54, 1.807) is 0 Å². The maximum absolute atomic E-state index is 5.51. The Morgan fingerprint density at radius 1 is 1.33 bits per heavy atom. The zero-order chi connectivity index (χ0) is 12.4. The van der Waals surface area contributed by atoms with Crippen LogP contribution in [0.2, 0.25) is 0 Å². The van der Waals surface area contributed by atoms with Gasteiger partial charge in [-0.3, -0.25) is 14.5 Å². The van der Waals surface area contributed by atoms with Gasteiger partial charge < -0.3 is 5.73 Å². The topological polar surface area (TPSA) is 63.2 Å². The summed E-state index contributed by atoms with van der Waals surface area (Å²) in [6.07, 6.45) is 4.75. The van der Waals surface area contributed by atoms with Crippen LogP contribution in [0.5, 0.6) is 0 Å². The molecule has 3 heterocycles. The average Bonchev–Trinajstić information content (AvgIpc) is 2.98. The second-order valence-electron chi connectivity index (χ2n) is 5.33. The van der Waals surface area contributed by atoms with E-state index in [-0.39, 0.29) is 0 Å². The molecule has 0 aliphatic carbocycles. The monoisotopic (exact) mass is 250 g/mol. The van der Waals surface area contributed by atoms with Crippen LogP contribution in [0.4, 0.5) is 0 Å². The first-order valence-corrected chi connectivity index (χ1v) is 6.90. The fourth-order valence-corrected chi connectivity index (χ4v) is 3.08. The van der Waals surface area contributed by atoms with Gasteiger partial charge in [0.05, 0.1) is 12.2 Å². The number of rotatable bonds is 4. The minimum atomic E-state index is 0.615. The summed E-state index contributed by atoms with van der Waals surface area (Å²) in [7, 11) is 0. The lowest BCUT2D eigenvalue weighted by Crippen LogP contribution is -2.49. The number of nitrogens with zero attached hydrogens (tertiary/aromatic N) is 5. The molecule has 2 N–H and O–H groups in total. The summed E-state index contributed by atoms with van der Waals surface area (Å²) in [5, 5.41) is 8.30. The van der Waals surface area contributed by atoms with Crippen molar-refractivity contribution in [3.05, 3.63) is 11.9 Å². The van der Waals surface area contributed by atoms with E-state index in [1.807, 2.05) is 10.9 Å². The molecule has 1 unspecified atom stereocenters. The Morgan fingerprint density at radius 2 is 2.28 bits per heavy atom. The normalized spacial score (nSPS) is 25.5. The second-order valence-corrected chi connectivity index (χ2v) is 5.33. The van der Waals surface area contributed by atoms with Crippen LogP contribution in [0.3, 0.4) is 0 Å². The highest BCUT2D eigenvalue weighted by Crippen LogP contribution is 2.22. The Morgan fingerprint density at radius 3 is 3.17 bits per heavy atom. The minimum Gasteiger partial charge on any atom is -0.329 e. The number of piperazine rings is 1. The van der Waals surface area contributed by atoms with Crippen molar-refractivity contribution in [3.8, 4) is 0 Å². The lowest BCUT2D eigenvalue weighted by Gasteiger charge is -2.37. The molecule has 18 heavy (non-hydrogen) atoms. The van der Waals surface area contributed by atoms with Crippen molar-refractivity contribution in [3.63, 3.8) is 0 Å².